The van der Waals surface area contributed by atoms with Gasteiger partial charge in [0, 0.05) is 5.92 Å². The molecule has 0 radical (unpaired) electrons. The minimum atomic E-state index is -0.204. The van der Waals surface area contributed by atoms with Crippen molar-refractivity contribution in [3.05, 3.63) is 71.3 Å². The third kappa shape index (κ3) is 3.44. The number of benzene rings is 2. The van der Waals surface area contributed by atoms with Gasteiger partial charge in [-0.15, -0.1) is 0 Å². The van der Waals surface area contributed by atoms with Gasteiger partial charge in [0.1, 0.15) is 0 Å². The highest BCUT2D eigenvalue weighted by Crippen LogP contribution is 2.24. The molecule has 19 heavy (non-hydrogen) atoms. The number of hydrogen-bond acceptors (Lipinski definition) is 2. The third-order valence-corrected chi connectivity index (χ3v) is 3.33. The number of carbonyl (C=O) groups is 1. The molecule has 0 N–H and O–H groups in total. The maximum absolute atomic E-state index is 11.3. The zero-order valence-electron chi connectivity index (χ0n) is 11.3. The smallest absolute Gasteiger partial charge is 0.309 e. The summed E-state index contributed by atoms with van der Waals surface area (Å²) in [6, 6.07) is 18.5. The molecule has 0 amide bonds. The van der Waals surface area contributed by atoms with Gasteiger partial charge in [-0.2, -0.15) is 0 Å². The van der Waals surface area contributed by atoms with E-state index in [1.54, 1.807) is 0 Å². The summed E-state index contributed by atoms with van der Waals surface area (Å²) in [6.45, 7) is 2.17. The molecule has 1 atom stereocenters. The van der Waals surface area contributed by atoms with Crippen LogP contribution in [0.15, 0.2) is 54.6 Å². The van der Waals surface area contributed by atoms with Crippen LogP contribution >= 0.6 is 0 Å². The molecule has 2 rings (SSSR count). The second-order valence-corrected chi connectivity index (χ2v) is 4.63. The Labute approximate surface area is 114 Å². The maximum Gasteiger partial charge on any atom is 0.309 e. The first-order valence-corrected chi connectivity index (χ1v) is 6.41. The number of methoxy groups -OCH3 is 1. The van der Waals surface area contributed by atoms with E-state index in [2.05, 4.69) is 31.2 Å². The van der Waals surface area contributed by atoms with Crippen molar-refractivity contribution in [1.82, 2.24) is 0 Å². The number of hydrogen-bond donors (Lipinski definition) is 0. The molecular weight excluding hydrogens is 236 g/mol. The topological polar surface area (TPSA) is 26.3 Å². The summed E-state index contributed by atoms with van der Waals surface area (Å²) in [5, 5.41) is 0. The molecular formula is C17H18O2. The van der Waals surface area contributed by atoms with Gasteiger partial charge in [0.2, 0.25) is 0 Å². The van der Waals surface area contributed by atoms with Crippen molar-refractivity contribution in [3.8, 4) is 0 Å². The lowest BCUT2D eigenvalue weighted by Crippen LogP contribution is -2.05. The summed E-state index contributed by atoms with van der Waals surface area (Å²) in [5.74, 6) is 0.114. The molecule has 0 aliphatic heterocycles. The molecule has 2 nitrogen and oxygen atoms in total. The predicted octanol–water partition coefficient (Wildman–Crippen LogP) is 3.55. The molecule has 0 aliphatic carbocycles. The molecule has 0 aliphatic rings. The van der Waals surface area contributed by atoms with Crippen LogP contribution in [0.3, 0.4) is 0 Å². The Morgan fingerprint density at radius 3 is 2.42 bits per heavy atom. The summed E-state index contributed by atoms with van der Waals surface area (Å²) >= 11 is 0. The van der Waals surface area contributed by atoms with Crippen LogP contribution in [0.2, 0.25) is 0 Å². The van der Waals surface area contributed by atoms with Crippen LogP contribution in [-0.4, -0.2) is 13.1 Å². The average Bonchev–Trinajstić information content (AvgIpc) is 2.47. The van der Waals surface area contributed by atoms with E-state index >= 15 is 0 Å². The molecule has 0 saturated carbocycles. The van der Waals surface area contributed by atoms with Crippen molar-refractivity contribution >= 4 is 5.97 Å². The Bertz CT molecular complexity index is 546. The van der Waals surface area contributed by atoms with Gasteiger partial charge in [0.25, 0.3) is 0 Å². The first-order valence-electron chi connectivity index (χ1n) is 6.41. The third-order valence-electron chi connectivity index (χ3n) is 3.33. The number of ether oxygens (including phenoxy) is 1. The van der Waals surface area contributed by atoms with Crippen molar-refractivity contribution in [3.63, 3.8) is 0 Å². The van der Waals surface area contributed by atoms with Crippen LogP contribution in [0.5, 0.6) is 0 Å². The van der Waals surface area contributed by atoms with Crippen molar-refractivity contribution < 1.29 is 9.53 Å². The van der Waals surface area contributed by atoms with E-state index in [0.717, 1.165) is 5.56 Å². The van der Waals surface area contributed by atoms with Crippen LogP contribution in [0, 0.1) is 0 Å². The minimum Gasteiger partial charge on any atom is -0.469 e. The fraction of sp³-hybridized carbons (Fsp3) is 0.235. The zero-order valence-corrected chi connectivity index (χ0v) is 11.3. The molecule has 2 heteroatoms. The number of rotatable bonds is 4. The van der Waals surface area contributed by atoms with Gasteiger partial charge in [-0.1, -0.05) is 61.5 Å². The lowest BCUT2D eigenvalue weighted by Gasteiger charge is -2.13. The van der Waals surface area contributed by atoms with Gasteiger partial charge < -0.3 is 4.74 Å². The Balaban J connectivity index is 2.21. The highest BCUT2D eigenvalue weighted by Gasteiger charge is 2.09. The summed E-state index contributed by atoms with van der Waals surface area (Å²) in [6.07, 6.45) is 0.325. The van der Waals surface area contributed by atoms with Crippen LogP contribution in [0.4, 0.5) is 0 Å². The zero-order chi connectivity index (χ0) is 13.7. The van der Waals surface area contributed by atoms with Crippen LogP contribution in [-0.2, 0) is 16.0 Å². The van der Waals surface area contributed by atoms with Crippen molar-refractivity contribution in [2.24, 2.45) is 0 Å². The molecule has 1 unspecified atom stereocenters. The van der Waals surface area contributed by atoms with Crippen LogP contribution in [0.1, 0.15) is 29.5 Å². The fourth-order valence-electron chi connectivity index (χ4n) is 2.15. The maximum atomic E-state index is 11.3. The van der Waals surface area contributed by atoms with Crippen LogP contribution < -0.4 is 0 Å². The van der Waals surface area contributed by atoms with Gasteiger partial charge >= 0.3 is 5.97 Å². The highest BCUT2D eigenvalue weighted by molar-refractivity contribution is 5.72. The molecule has 2 aromatic carbocycles. The Kier molecular flexibility index (Phi) is 4.35. The normalized spacial score (nSPS) is 11.9. The summed E-state index contributed by atoms with van der Waals surface area (Å²) < 4.78 is 4.70. The molecule has 0 aromatic heterocycles. The Morgan fingerprint density at radius 1 is 1.05 bits per heavy atom. The lowest BCUT2D eigenvalue weighted by atomic mass is 9.92. The van der Waals surface area contributed by atoms with Crippen molar-refractivity contribution in [1.29, 1.82) is 0 Å². The summed E-state index contributed by atoms with van der Waals surface area (Å²) in [7, 11) is 1.42. The lowest BCUT2D eigenvalue weighted by molar-refractivity contribution is -0.139. The van der Waals surface area contributed by atoms with E-state index in [9.17, 15) is 4.79 Å². The second-order valence-electron chi connectivity index (χ2n) is 4.63. The van der Waals surface area contributed by atoms with Gasteiger partial charge in [-0.25, -0.2) is 0 Å². The fourth-order valence-corrected chi connectivity index (χ4v) is 2.15. The van der Waals surface area contributed by atoms with E-state index in [1.807, 2.05) is 30.3 Å². The van der Waals surface area contributed by atoms with E-state index in [1.165, 1.54) is 18.2 Å². The van der Waals surface area contributed by atoms with Gasteiger partial charge in [0.05, 0.1) is 13.5 Å². The van der Waals surface area contributed by atoms with Crippen LogP contribution in [0.25, 0.3) is 0 Å². The monoisotopic (exact) mass is 254 g/mol. The average molecular weight is 254 g/mol. The van der Waals surface area contributed by atoms with E-state index in [0.29, 0.717) is 12.3 Å². The quantitative estimate of drug-likeness (QED) is 0.780. The molecule has 98 valence electrons. The Hall–Kier alpha value is -2.09. The Morgan fingerprint density at radius 2 is 1.74 bits per heavy atom. The summed E-state index contributed by atoms with van der Waals surface area (Å²) in [4.78, 5) is 11.3. The SMILES string of the molecule is COC(=O)Cc1cccc(C(C)c2ccccc2)c1. The first-order chi connectivity index (χ1) is 9.20. The molecule has 2 aromatic rings. The van der Waals surface area contributed by atoms with Gasteiger partial charge in [-0.3, -0.25) is 4.79 Å². The van der Waals surface area contributed by atoms with Crippen molar-refractivity contribution in [2.75, 3.05) is 7.11 Å². The molecule has 0 heterocycles. The van der Waals surface area contributed by atoms with E-state index in [4.69, 9.17) is 4.74 Å². The molecule has 0 saturated heterocycles. The molecule has 0 spiro atoms. The largest absolute Gasteiger partial charge is 0.469 e. The standard InChI is InChI=1S/C17H18O2/c1-13(15-8-4-3-5-9-15)16-10-6-7-14(11-16)12-17(18)19-2/h3-11,13H,12H2,1-2H3. The number of esters is 1. The first kappa shape index (κ1) is 13.3. The highest BCUT2D eigenvalue weighted by atomic mass is 16.5. The second kappa shape index (κ2) is 6.19. The summed E-state index contributed by atoms with van der Waals surface area (Å²) in [5.41, 5.74) is 3.48. The molecule has 0 bridgehead atoms. The number of carbonyl (C=O) groups excluding carboxylic acids is 1. The van der Waals surface area contributed by atoms with E-state index in [-0.39, 0.29) is 5.97 Å². The van der Waals surface area contributed by atoms with Gasteiger partial charge in [0.15, 0.2) is 0 Å². The van der Waals surface area contributed by atoms with E-state index < -0.39 is 0 Å². The van der Waals surface area contributed by atoms with Gasteiger partial charge in [-0.05, 0) is 16.7 Å². The molecule has 0 fully saturated rings. The minimum absolute atomic E-state index is 0.204. The van der Waals surface area contributed by atoms with Crippen molar-refractivity contribution in [2.45, 2.75) is 19.3 Å². The predicted molar refractivity (Wildman–Crippen MR) is 76.1 cm³/mol.